The van der Waals surface area contributed by atoms with Gasteiger partial charge in [-0.3, -0.25) is 9.10 Å². The van der Waals surface area contributed by atoms with E-state index in [2.05, 4.69) is 5.32 Å². The van der Waals surface area contributed by atoms with Gasteiger partial charge in [-0.05, 0) is 55.1 Å². The van der Waals surface area contributed by atoms with E-state index in [-0.39, 0.29) is 16.8 Å². The number of aryl methyl sites for hydroxylation is 1. The zero-order valence-electron chi connectivity index (χ0n) is 17.2. The van der Waals surface area contributed by atoms with Gasteiger partial charge in [0, 0.05) is 17.5 Å². The number of methoxy groups -OCH3 is 1. The molecule has 0 saturated carbocycles. The molecule has 0 spiro atoms. The maximum Gasteiger partial charge on any atom is 0.264 e. The number of nitrogens with zero attached hydrogens (tertiary/aromatic N) is 1. The van der Waals surface area contributed by atoms with Crippen LogP contribution in [0.25, 0.3) is 0 Å². The third-order valence-electron chi connectivity index (χ3n) is 4.85. The predicted molar refractivity (Wildman–Crippen MR) is 120 cm³/mol. The SMILES string of the molecule is COc1ccccc1N(C)S(=O)(=O)c1ccc(C)c(C(=O)NC(C)c2cccs2)c1. The standard InChI is InChI=1S/C22H24N2O4S2/c1-15-11-12-17(14-18(15)22(25)23-16(2)21-10-7-13-29-21)30(26,27)24(3)19-8-5-6-9-20(19)28-4/h5-14,16H,1-4H3,(H,23,25). The molecule has 0 aliphatic rings. The van der Waals surface area contributed by atoms with E-state index in [0.717, 1.165) is 9.18 Å². The number of para-hydroxylation sites is 2. The molecule has 3 rings (SSSR count). The number of thiophene rings is 1. The quantitative estimate of drug-likeness (QED) is 0.587. The number of hydrogen-bond acceptors (Lipinski definition) is 5. The maximum absolute atomic E-state index is 13.2. The molecule has 0 aliphatic heterocycles. The van der Waals surface area contributed by atoms with Gasteiger partial charge >= 0.3 is 0 Å². The molecule has 158 valence electrons. The molecule has 1 unspecified atom stereocenters. The van der Waals surface area contributed by atoms with Crippen LogP contribution in [0.3, 0.4) is 0 Å². The first kappa shape index (κ1) is 21.9. The Labute approximate surface area is 181 Å². The minimum absolute atomic E-state index is 0.0374. The minimum Gasteiger partial charge on any atom is -0.495 e. The van der Waals surface area contributed by atoms with E-state index >= 15 is 0 Å². The maximum atomic E-state index is 13.2. The number of rotatable bonds is 7. The number of carbonyl (C=O) groups is 1. The fourth-order valence-electron chi connectivity index (χ4n) is 3.07. The zero-order valence-corrected chi connectivity index (χ0v) is 18.9. The Morgan fingerprint density at radius 2 is 1.87 bits per heavy atom. The van der Waals surface area contributed by atoms with Crippen LogP contribution >= 0.6 is 11.3 Å². The van der Waals surface area contributed by atoms with Gasteiger partial charge < -0.3 is 10.1 Å². The highest BCUT2D eigenvalue weighted by molar-refractivity contribution is 7.92. The monoisotopic (exact) mass is 444 g/mol. The Hall–Kier alpha value is -2.84. The predicted octanol–water partition coefficient (Wildman–Crippen LogP) is 4.38. The summed E-state index contributed by atoms with van der Waals surface area (Å²) < 4.78 is 32.9. The molecule has 1 aromatic heterocycles. The lowest BCUT2D eigenvalue weighted by Gasteiger charge is -2.22. The highest BCUT2D eigenvalue weighted by Gasteiger charge is 2.25. The van der Waals surface area contributed by atoms with Gasteiger partial charge in [0.2, 0.25) is 0 Å². The Balaban J connectivity index is 1.92. The summed E-state index contributed by atoms with van der Waals surface area (Å²) in [5.74, 6) is 0.129. The lowest BCUT2D eigenvalue weighted by Crippen LogP contribution is -2.29. The van der Waals surface area contributed by atoms with E-state index in [0.29, 0.717) is 22.6 Å². The van der Waals surface area contributed by atoms with Crippen LogP contribution in [0.15, 0.2) is 64.9 Å². The van der Waals surface area contributed by atoms with E-state index in [1.54, 1.807) is 48.6 Å². The number of anilines is 1. The largest absolute Gasteiger partial charge is 0.495 e. The number of sulfonamides is 1. The molecular weight excluding hydrogens is 420 g/mol. The summed E-state index contributed by atoms with van der Waals surface area (Å²) in [5, 5.41) is 4.89. The van der Waals surface area contributed by atoms with Gasteiger partial charge in [-0.1, -0.05) is 24.3 Å². The number of amides is 1. The summed E-state index contributed by atoms with van der Waals surface area (Å²) >= 11 is 1.56. The third-order valence-corrected chi connectivity index (χ3v) is 7.68. The first-order valence-electron chi connectivity index (χ1n) is 9.32. The molecule has 1 atom stereocenters. The molecule has 0 saturated heterocycles. The minimum atomic E-state index is -3.89. The molecule has 1 heterocycles. The van der Waals surface area contributed by atoms with Crippen molar-refractivity contribution < 1.29 is 17.9 Å². The summed E-state index contributed by atoms with van der Waals surface area (Å²) in [7, 11) is -0.941. The Morgan fingerprint density at radius 1 is 1.13 bits per heavy atom. The second kappa shape index (κ2) is 8.89. The Kier molecular flexibility index (Phi) is 6.48. The van der Waals surface area contributed by atoms with Crippen molar-refractivity contribution in [1.29, 1.82) is 0 Å². The average Bonchev–Trinajstić information content (AvgIpc) is 3.28. The van der Waals surface area contributed by atoms with Crippen molar-refractivity contribution in [3.63, 3.8) is 0 Å². The zero-order chi connectivity index (χ0) is 21.9. The molecule has 6 nitrogen and oxygen atoms in total. The molecule has 30 heavy (non-hydrogen) atoms. The summed E-state index contributed by atoms with van der Waals surface area (Å²) in [4.78, 5) is 13.9. The number of nitrogens with one attached hydrogen (secondary N) is 1. The highest BCUT2D eigenvalue weighted by Crippen LogP contribution is 2.31. The van der Waals surface area contributed by atoms with Crippen LogP contribution in [-0.2, 0) is 10.0 Å². The summed E-state index contributed by atoms with van der Waals surface area (Å²) in [6.07, 6.45) is 0. The molecule has 0 radical (unpaired) electrons. The second-order valence-corrected chi connectivity index (χ2v) is 9.78. The molecule has 2 aromatic carbocycles. The molecule has 8 heteroatoms. The van der Waals surface area contributed by atoms with Crippen molar-refractivity contribution in [2.45, 2.75) is 24.8 Å². The van der Waals surface area contributed by atoms with Gasteiger partial charge in [-0.15, -0.1) is 11.3 Å². The van der Waals surface area contributed by atoms with Crippen molar-refractivity contribution in [1.82, 2.24) is 5.32 Å². The first-order valence-corrected chi connectivity index (χ1v) is 11.6. The van der Waals surface area contributed by atoms with E-state index < -0.39 is 10.0 Å². The summed E-state index contributed by atoms with van der Waals surface area (Å²) in [6.45, 7) is 3.68. The second-order valence-electron chi connectivity index (χ2n) is 6.83. The van der Waals surface area contributed by atoms with Crippen molar-refractivity contribution in [2.24, 2.45) is 0 Å². The van der Waals surface area contributed by atoms with Crippen molar-refractivity contribution in [3.05, 3.63) is 76.0 Å². The van der Waals surface area contributed by atoms with Crippen molar-refractivity contribution in [3.8, 4) is 5.75 Å². The lowest BCUT2D eigenvalue weighted by atomic mass is 10.1. The van der Waals surface area contributed by atoms with Gasteiger partial charge in [-0.25, -0.2) is 8.42 Å². The molecule has 1 N–H and O–H groups in total. The van der Waals surface area contributed by atoms with E-state index in [4.69, 9.17) is 4.74 Å². The van der Waals surface area contributed by atoms with E-state index in [9.17, 15) is 13.2 Å². The highest BCUT2D eigenvalue weighted by atomic mass is 32.2. The van der Waals surface area contributed by atoms with E-state index in [1.165, 1.54) is 26.3 Å². The Bertz CT molecular complexity index is 1140. The van der Waals surface area contributed by atoms with Crippen LogP contribution in [0.2, 0.25) is 0 Å². The molecule has 1 amide bonds. The topological polar surface area (TPSA) is 75.7 Å². The Morgan fingerprint density at radius 3 is 2.53 bits per heavy atom. The van der Waals surface area contributed by atoms with Crippen LogP contribution in [0, 0.1) is 6.92 Å². The van der Waals surface area contributed by atoms with Crippen LogP contribution < -0.4 is 14.4 Å². The van der Waals surface area contributed by atoms with Crippen molar-refractivity contribution in [2.75, 3.05) is 18.5 Å². The van der Waals surface area contributed by atoms with Gasteiger partial charge in [-0.2, -0.15) is 0 Å². The van der Waals surface area contributed by atoms with Crippen molar-refractivity contribution >= 4 is 33.0 Å². The van der Waals surface area contributed by atoms with Crippen LogP contribution in [0.5, 0.6) is 5.75 Å². The lowest BCUT2D eigenvalue weighted by molar-refractivity contribution is 0.0939. The van der Waals surface area contributed by atoms with Crippen LogP contribution in [-0.4, -0.2) is 28.5 Å². The van der Waals surface area contributed by atoms with Gasteiger partial charge in [0.05, 0.1) is 23.7 Å². The van der Waals surface area contributed by atoms with Gasteiger partial charge in [0.15, 0.2) is 0 Å². The number of hydrogen-bond donors (Lipinski definition) is 1. The summed E-state index contributed by atoms with van der Waals surface area (Å²) in [6, 6.07) is 15.2. The molecular formula is C22H24N2O4S2. The van der Waals surface area contributed by atoms with Gasteiger partial charge in [0.1, 0.15) is 5.75 Å². The van der Waals surface area contributed by atoms with Gasteiger partial charge in [0.25, 0.3) is 15.9 Å². The normalized spacial score (nSPS) is 12.3. The number of ether oxygens (including phenoxy) is 1. The fourth-order valence-corrected chi connectivity index (χ4v) is 5.03. The number of carbonyl (C=O) groups excluding carboxylic acids is 1. The average molecular weight is 445 g/mol. The first-order chi connectivity index (χ1) is 14.3. The molecule has 0 fully saturated rings. The smallest absolute Gasteiger partial charge is 0.264 e. The van der Waals surface area contributed by atoms with Crippen LogP contribution in [0.1, 0.15) is 33.8 Å². The molecule has 0 bridgehead atoms. The third kappa shape index (κ3) is 4.34. The fraction of sp³-hybridized carbons (Fsp3) is 0.227. The molecule has 3 aromatic rings. The number of benzene rings is 2. The van der Waals surface area contributed by atoms with E-state index in [1.807, 2.05) is 24.4 Å². The summed E-state index contributed by atoms with van der Waals surface area (Å²) in [5.41, 5.74) is 1.44. The van der Waals surface area contributed by atoms with Crippen LogP contribution in [0.4, 0.5) is 5.69 Å². The molecule has 0 aliphatic carbocycles.